The number of halogens is 2. The molecule has 18 heavy (non-hydrogen) atoms. The van der Waals surface area contributed by atoms with Gasteiger partial charge in [-0.1, -0.05) is 0 Å². The highest BCUT2D eigenvalue weighted by Gasteiger charge is 2.15. The number of fused-ring (bicyclic) bond motifs is 1. The lowest BCUT2D eigenvalue weighted by Gasteiger charge is -2.19. The van der Waals surface area contributed by atoms with Gasteiger partial charge in [-0.2, -0.15) is 0 Å². The average molecular weight is 286 g/mol. The number of rotatable bonds is 1. The molecule has 0 amide bonds. The number of anilines is 2. The van der Waals surface area contributed by atoms with E-state index < -0.39 is 0 Å². The Labute approximate surface area is 119 Å². The van der Waals surface area contributed by atoms with Crippen LogP contribution in [0.5, 0.6) is 0 Å². The van der Waals surface area contributed by atoms with Crippen LogP contribution in [-0.4, -0.2) is 18.1 Å². The maximum atomic E-state index is 5.97. The fraction of sp³-hybridized carbons (Fsp3) is 0.308. The van der Waals surface area contributed by atoms with Gasteiger partial charge in [-0.3, -0.25) is 4.98 Å². The Morgan fingerprint density at radius 1 is 1.06 bits per heavy atom. The molecular formula is C13H17Cl2N3. The van der Waals surface area contributed by atoms with E-state index in [4.69, 9.17) is 5.73 Å². The molecule has 0 bridgehead atoms. The lowest BCUT2D eigenvalue weighted by Crippen LogP contribution is -2.18. The molecule has 0 unspecified atom stereocenters. The van der Waals surface area contributed by atoms with Crippen LogP contribution >= 0.6 is 24.8 Å². The Morgan fingerprint density at radius 2 is 1.78 bits per heavy atom. The number of aromatic nitrogens is 1. The monoisotopic (exact) mass is 285 g/mol. The van der Waals surface area contributed by atoms with Gasteiger partial charge in [0, 0.05) is 30.4 Å². The Kier molecular flexibility index (Phi) is 5.05. The third-order valence-electron chi connectivity index (χ3n) is 3.23. The summed E-state index contributed by atoms with van der Waals surface area (Å²) in [6, 6.07) is 8.05. The second-order valence-corrected chi connectivity index (χ2v) is 4.27. The molecule has 0 aliphatic carbocycles. The van der Waals surface area contributed by atoms with E-state index in [1.165, 1.54) is 18.5 Å². The fourth-order valence-corrected chi connectivity index (χ4v) is 2.39. The van der Waals surface area contributed by atoms with Gasteiger partial charge in [-0.15, -0.1) is 24.8 Å². The topological polar surface area (TPSA) is 42.1 Å². The van der Waals surface area contributed by atoms with Crippen molar-refractivity contribution in [2.75, 3.05) is 23.7 Å². The SMILES string of the molecule is Cl.Cl.Nc1ccc(N2CCCC2)c2ncccc12. The van der Waals surface area contributed by atoms with E-state index in [2.05, 4.69) is 16.0 Å². The van der Waals surface area contributed by atoms with E-state index in [0.717, 1.165) is 29.7 Å². The van der Waals surface area contributed by atoms with Crippen molar-refractivity contribution in [3.05, 3.63) is 30.5 Å². The molecule has 0 radical (unpaired) electrons. The van der Waals surface area contributed by atoms with Crippen molar-refractivity contribution in [1.82, 2.24) is 4.98 Å². The van der Waals surface area contributed by atoms with Crippen LogP contribution in [0.2, 0.25) is 0 Å². The summed E-state index contributed by atoms with van der Waals surface area (Å²) in [4.78, 5) is 6.86. The number of nitrogens with zero attached hydrogens (tertiary/aromatic N) is 2. The smallest absolute Gasteiger partial charge is 0.0955 e. The van der Waals surface area contributed by atoms with Crippen LogP contribution in [-0.2, 0) is 0 Å². The molecule has 1 aromatic heterocycles. The number of nitrogen functional groups attached to an aromatic ring is 1. The van der Waals surface area contributed by atoms with E-state index in [-0.39, 0.29) is 24.8 Å². The van der Waals surface area contributed by atoms with Gasteiger partial charge in [-0.25, -0.2) is 0 Å². The van der Waals surface area contributed by atoms with Crippen molar-refractivity contribution in [3.63, 3.8) is 0 Å². The van der Waals surface area contributed by atoms with E-state index in [1.807, 2.05) is 24.4 Å². The van der Waals surface area contributed by atoms with Crippen LogP contribution < -0.4 is 10.6 Å². The number of benzene rings is 1. The maximum absolute atomic E-state index is 5.97. The predicted octanol–water partition coefficient (Wildman–Crippen LogP) is 3.26. The Morgan fingerprint density at radius 3 is 2.50 bits per heavy atom. The molecule has 1 fully saturated rings. The number of nitrogens with two attached hydrogens (primary N) is 1. The van der Waals surface area contributed by atoms with Gasteiger partial charge in [0.05, 0.1) is 11.2 Å². The summed E-state index contributed by atoms with van der Waals surface area (Å²) in [5, 5.41) is 1.06. The van der Waals surface area contributed by atoms with E-state index in [1.54, 1.807) is 0 Å². The van der Waals surface area contributed by atoms with Crippen LogP contribution in [0, 0.1) is 0 Å². The van der Waals surface area contributed by atoms with Crippen LogP contribution in [0.4, 0.5) is 11.4 Å². The zero-order chi connectivity index (χ0) is 11.0. The van der Waals surface area contributed by atoms with Crippen molar-refractivity contribution in [2.45, 2.75) is 12.8 Å². The van der Waals surface area contributed by atoms with E-state index in [9.17, 15) is 0 Å². The molecule has 1 aromatic carbocycles. The lowest BCUT2D eigenvalue weighted by atomic mass is 10.1. The highest BCUT2D eigenvalue weighted by Crippen LogP contribution is 2.30. The molecule has 1 aliphatic heterocycles. The number of pyridine rings is 1. The van der Waals surface area contributed by atoms with Gasteiger partial charge >= 0.3 is 0 Å². The van der Waals surface area contributed by atoms with Crippen LogP contribution in [0.25, 0.3) is 10.9 Å². The zero-order valence-electron chi connectivity index (χ0n) is 10.0. The van der Waals surface area contributed by atoms with Crippen molar-refractivity contribution >= 4 is 47.1 Å². The second-order valence-electron chi connectivity index (χ2n) is 4.27. The third kappa shape index (κ3) is 2.47. The summed E-state index contributed by atoms with van der Waals surface area (Å²) in [6.07, 6.45) is 4.39. The summed E-state index contributed by atoms with van der Waals surface area (Å²) < 4.78 is 0. The van der Waals surface area contributed by atoms with Gasteiger partial charge in [0.15, 0.2) is 0 Å². The molecule has 98 valence electrons. The highest BCUT2D eigenvalue weighted by atomic mass is 35.5. The lowest BCUT2D eigenvalue weighted by molar-refractivity contribution is 0.949. The molecule has 5 heteroatoms. The normalized spacial score (nSPS) is 14.1. The molecule has 2 heterocycles. The average Bonchev–Trinajstić information content (AvgIpc) is 2.83. The van der Waals surface area contributed by atoms with Crippen molar-refractivity contribution in [1.29, 1.82) is 0 Å². The number of hydrogen-bond donors (Lipinski definition) is 1. The van der Waals surface area contributed by atoms with Gasteiger partial charge in [-0.05, 0) is 37.1 Å². The minimum atomic E-state index is 0. The Bertz CT molecular complexity index is 525. The molecule has 3 nitrogen and oxygen atoms in total. The third-order valence-corrected chi connectivity index (χ3v) is 3.23. The molecule has 2 aromatic rings. The van der Waals surface area contributed by atoms with Gasteiger partial charge in [0.2, 0.25) is 0 Å². The molecular weight excluding hydrogens is 269 g/mol. The summed E-state index contributed by atoms with van der Waals surface area (Å²) in [7, 11) is 0. The molecule has 0 spiro atoms. The first-order valence-electron chi connectivity index (χ1n) is 5.74. The largest absolute Gasteiger partial charge is 0.398 e. The first-order valence-corrected chi connectivity index (χ1v) is 5.74. The zero-order valence-corrected chi connectivity index (χ0v) is 11.6. The molecule has 0 saturated carbocycles. The number of hydrogen-bond acceptors (Lipinski definition) is 3. The quantitative estimate of drug-likeness (QED) is 0.818. The van der Waals surface area contributed by atoms with Crippen LogP contribution in [0.15, 0.2) is 30.5 Å². The minimum Gasteiger partial charge on any atom is -0.398 e. The van der Waals surface area contributed by atoms with Crippen LogP contribution in [0.1, 0.15) is 12.8 Å². The molecule has 3 rings (SSSR count). The Balaban J connectivity index is 0.000000810. The van der Waals surface area contributed by atoms with Crippen molar-refractivity contribution < 1.29 is 0 Å². The van der Waals surface area contributed by atoms with Gasteiger partial charge in [0.1, 0.15) is 0 Å². The molecule has 0 atom stereocenters. The van der Waals surface area contributed by atoms with Crippen molar-refractivity contribution in [2.24, 2.45) is 0 Å². The standard InChI is InChI=1S/C13H15N3.2ClH/c14-11-5-6-12(16-8-1-2-9-16)13-10(11)4-3-7-15-13;;/h3-7H,1-2,8-9,14H2;2*1H. The summed E-state index contributed by atoms with van der Waals surface area (Å²) in [5.74, 6) is 0. The van der Waals surface area contributed by atoms with E-state index in [0.29, 0.717) is 0 Å². The van der Waals surface area contributed by atoms with Gasteiger partial charge in [0.25, 0.3) is 0 Å². The molecule has 1 aliphatic rings. The van der Waals surface area contributed by atoms with Crippen LogP contribution in [0.3, 0.4) is 0 Å². The van der Waals surface area contributed by atoms with E-state index >= 15 is 0 Å². The Hall–Kier alpha value is -1.19. The first kappa shape index (κ1) is 14.9. The summed E-state index contributed by atoms with van der Waals surface area (Å²) >= 11 is 0. The van der Waals surface area contributed by atoms with Gasteiger partial charge < -0.3 is 10.6 Å². The highest BCUT2D eigenvalue weighted by molar-refractivity contribution is 5.98. The minimum absolute atomic E-state index is 0. The molecule has 1 saturated heterocycles. The predicted molar refractivity (Wildman–Crippen MR) is 82.1 cm³/mol. The first-order chi connectivity index (χ1) is 7.86. The summed E-state index contributed by atoms with van der Waals surface area (Å²) in [5.41, 5.74) is 9.03. The fourth-order valence-electron chi connectivity index (χ4n) is 2.39. The summed E-state index contributed by atoms with van der Waals surface area (Å²) in [6.45, 7) is 2.27. The maximum Gasteiger partial charge on any atom is 0.0955 e. The second kappa shape index (κ2) is 6.12. The van der Waals surface area contributed by atoms with Crippen molar-refractivity contribution in [3.8, 4) is 0 Å². The molecule has 2 N–H and O–H groups in total.